The highest BCUT2D eigenvalue weighted by Gasteiger charge is 2.53. The summed E-state index contributed by atoms with van der Waals surface area (Å²) in [7, 11) is 0. The van der Waals surface area contributed by atoms with E-state index in [2.05, 4.69) is 5.73 Å². The fraction of sp³-hybridized carbons (Fsp3) is 0.800. The summed E-state index contributed by atoms with van der Waals surface area (Å²) in [4.78, 5) is 9.92. The highest BCUT2D eigenvalue weighted by Crippen LogP contribution is 2.26. The molecule has 2 atom stereocenters. The maximum absolute atomic E-state index is 12.6. The lowest BCUT2D eigenvalue weighted by Gasteiger charge is -2.26. The molecule has 0 aromatic heterocycles. The van der Waals surface area contributed by atoms with Gasteiger partial charge in [-0.15, -0.1) is 0 Å². The van der Waals surface area contributed by atoms with Gasteiger partial charge in [-0.2, -0.15) is 0 Å². The number of alkyl halides is 3. The molecule has 0 saturated carbocycles. The van der Waals surface area contributed by atoms with Crippen LogP contribution in [0.2, 0.25) is 0 Å². The van der Waals surface area contributed by atoms with E-state index in [0.717, 1.165) is 0 Å². The average molecular weight is 171 g/mol. The summed E-state index contributed by atoms with van der Waals surface area (Å²) < 4.78 is 36.8. The number of hydrogen-bond acceptors (Lipinski definition) is 2. The van der Waals surface area contributed by atoms with E-state index < -0.39 is 24.1 Å². The molecule has 3 nitrogen and oxygen atoms in total. The van der Waals surface area contributed by atoms with Gasteiger partial charge in [-0.25, -0.2) is 18.0 Å². The Morgan fingerprint density at radius 2 is 2.00 bits per heavy atom. The van der Waals surface area contributed by atoms with Gasteiger partial charge in [-0.1, -0.05) is 0 Å². The second kappa shape index (κ2) is 2.69. The molecule has 11 heavy (non-hydrogen) atoms. The van der Waals surface area contributed by atoms with Gasteiger partial charge in [-0.05, 0) is 6.92 Å². The fourth-order valence-corrected chi connectivity index (χ4v) is 0.320. The topological polar surface area (TPSA) is 63.3 Å². The second-order valence-electron chi connectivity index (χ2n) is 2.35. The first-order valence-corrected chi connectivity index (χ1v) is 2.72. The largest absolute Gasteiger partial charge is 0.478 e. The number of nitrogens with two attached hydrogens (primary N) is 1. The Morgan fingerprint density at radius 1 is 1.64 bits per heavy atom. The van der Waals surface area contributed by atoms with Gasteiger partial charge < -0.3 is 5.11 Å². The highest BCUT2D eigenvalue weighted by atomic mass is 19.2. The van der Waals surface area contributed by atoms with Crippen LogP contribution in [-0.2, 0) is 4.79 Å². The quantitative estimate of drug-likeness (QED) is 0.604. The van der Waals surface area contributed by atoms with Crippen LogP contribution in [0.25, 0.3) is 0 Å². The number of aliphatic carboxylic acids is 1. The molecule has 0 fully saturated rings. The first kappa shape index (κ1) is 10.2. The van der Waals surface area contributed by atoms with Crippen LogP contribution < -0.4 is 5.73 Å². The minimum Gasteiger partial charge on any atom is -0.478 e. The third-order valence-electron chi connectivity index (χ3n) is 1.32. The molecule has 0 rings (SSSR count). The predicted molar refractivity (Wildman–Crippen MR) is 31.2 cm³/mol. The first-order valence-electron chi connectivity index (χ1n) is 2.72. The zero-order valence-corrected chi connectivity index (χ0v) is 5.77. The predicted octanol–water partition coefficient (Wildman–Crippen LogP) is 0.393. The summed E-state index contributed by atoms with van der Waals surface area (Å²) in [6.45, 7) is -1.34. The minimum absolute atomic E-state index is 0.446. The van der Waals surface area contributed by atoms with E-state index in [1.54, 1.807) is 0 Å². The molecule has 0 spiro atoms. The number of rotatable bonds is 3. The minimum atomic E-state index is -3.68. The standard InChI is InChI=1S/C5H8F3NO2/c1-4(7,2-6)5(8,9)3(10)11/h2,9H2,1H3,(H,10,11). The molecule has 0 saturated heterocycles. The molecule has 0 bridgehead atoms. The summed E-state index contributed by atoms with van der Waals surface area (Å²) in [6.07, 6.45) is 0. The molecular formula is C5H8F3NO2. The number of hydrogen-bond donors (Lipinski definition) is 2. The molecule has 3 N–H and O–H groups in total. The van der Waals surface area contributed by atoms with E-state index in [4.69, 9.17) is 5.11 Å². The van der Waals surface area contributed by atoms with Crippen molar-refractivity contribution in [1.82, 2.24) is 0 Å². The second-order valence-corrected chi connectivity index (χ2v) is 2.35. The molecule has 2 unspecified atom stereocenters. The first-order chi connectivity index (χ1) is 4.75. The van der Waals surface area contributed by atoms with Crippen molar-refractivity contribution in [3.8, 4) is 0 Å². The van der Waals surface area contributed by atoms with Gasteiger partial charge >= 0.3 is 5.97 Å². The lowest BCUT2D eigenvalue weighted by Crippen LogP contribution is -2.59. The zero-order chi connectivity index (χ0) is 9.28. The maximum Gasteiger partial charge on any atom is 0.360 e. The number of carbonyl (C=O) groups is 1. The summed E-state index contributed by atoms with van der Waals surface area (Å²) >= 11 is 0. The van der Waals surface area contributed by atoms with Crippen molar-refractivity contribution in [2.75, 3.05) is 6.67 Å². The smallest absolute Gasteiger partial charge is 0.360 e. The Morgan fingerprint density at radius 3 is 2.09 bits per heavy atom. The van der Waals surface area contributed by atoms with Gasteiger partial charge in [0.05, 0.1) is 0 Å². The Labute approximate surface area is 61.0 Å². The van der Waals surface area contributed by atoms with Crippen molar-refractivity contribution in [2.45, 2.75) is 18.4 Å². The summed E-state index contributed by atoms with van der Waals surface area (Å²) in [6, 6.07) is 0. The van der Waals surface area contributed by atoms with Gasteiger partial charge in [0.2, 0.25) is 0 Å². The van der Waals surface area contributed by atoms with Gasteiger partial charge in [-0.3, -0.25) is 5.73 Å². The third-order valence-corrected chi connectivity index (χ3v) is 1.32. The lowest BCUT2D eigenvalue weighted by molar-refractivity contribution is -0.163. The molecule has 66 valence electrons. The van der Waals surface area contributed by atoms with Crippen molar-refractivity contribution < 1.29 is 23.1 Å². The van der Waals surface area contributed by atoms with Crippen LogP contribution in [0.4, 0.5) is 13.2 Å². The molecule has 0 radical (unpaired) electrons. The molecule has 0 aromatic rings. The average Bonchev–Trinajstić information content (AvgIpc) is 1.87. The van der Waals surface area contributed by atoms with Crippen molar-refractivity contribution in [2.24, 2.45) is 5.73 Å². The van der Waals surface area contributed by atoms with Gasteiger partial charge in [0.25, 0.3) is 5.79 Å². The molecule has 0 amide bonds. The molecule has 0 aromatic carbocycles. The monoisotopic (exact) mass is 171 g/mol. The van der Waals surface area contributed by atoms with Crippen LogP contribution in [0.1, 0.15) is 6.92 Å². The van der Waals surface area contributed by atoms with E-state index in [-0.39, 0.29) is 0 Å². The van der Waals surface area contributed by atoms with Gasteiger partial charge in [0.1, 0.15) is 6.67 Å². The molecular weight excluding hydrogens is 163 g/mol. The lowest BCUT2D eigenvalue weighted by atomic mass is 9.98. The Hall–Kier alpha value is -0.780. The number of carboxylic acid groups (broad SMARTS) is 1. The zero-order valence-electron chi connectivity index (χ0n) is 5.77. The van der Waals surface area contributed by atoms with Crippen molar-refractivity contribution in [3.05, 3.63) is 0 Å². The fourth-order valence-electron chi connectivity index (χ4n) is 0.320. The molecule has 0 aliphatic heterocycles. The molecule has 0 aliphatic carbocycles. The Balaban J connectivity index is 4.67. The summed E-state index contributed by atoms with van der Waals surface area (Å²) in [5.74, 6) is -5.90. The summed E-state index contributed by atoms with van der Waals surface area (Å²) in [5, 5.41) is 8.00. The van der Waals surface area contributed by atoms with Crippen LogP contribution in [0.5, 0.6) is 0 Å². The number of carboxylic acids is 1. The van der Waals surface area contributed by atoms with Gasteiger partial charge in [0.15, 0.2) is 5.67 Å². The van der Waals surface area contributed by atoms with E-state index in [0.29, 0.717) is 6.92 Å². The van der Waals surface area contributed by atoms with Crippen LogP contribution in [0.3, 0.4) is 0 Å². The van der Waals surface area contributed by atoms with Crippen LogP contribution in [0.15, 0.2) is 0 Å². The third kappa shape index (κ3) is 1.62. The van der Waals surface area contributed by atoms with Crippen molar-refractivity contribution in [1.29, 1.82) is 0 Å². The number of halogens is 3. The van der Waals surface area contributed by atoms with E-state index in [9.17, 15) is 18.0 Å². The Bertz CT molecular complexity index is 169. The highest BCUT2D eigenvalue weighted by molar-refractivity contribution is 5.78. The molecule has 0 aliphatic rings. The van der Waals surface area contributed by atoms with Crippen LogP contribution in [0, 0.1) is 0 Å². The van der Waals surface area contributed by atoms with Crippen molar-refractivity contribution in [3.63, 3.8) is 0 Å². The summed E-state index contributed by atoms with van der Waals surface area (Å²) in [5.41, 5.74) is 1.17. The van der Waals surface area contributed by atoms with E-state index >= 15 is 0 Å². The van der Waals surface area contributed by atoms with E-state index in [1.807, 2.05) is 0 Å². The van der Waals surface area contributed by atoms with Crippen LogP contribution in [-0.4, -0.2) is 29.2 Å². The molecule has 6 heteroatoms. The molecule has 0 heterocycles. The SMILES string of the molecule is CC(F)(CF)C(N)(F)C(=O)O. The normalized spacial score (nSPS) is 21.9. The van der Waals surface area contributed by atoms with Crippen LogP contribution >= 0.6 is 0 Å². The Kier molecular flexibility index (Phi) is 2.50. The van der Waals surface area contributed by atoms with E-state index in [1.165, 1.54) is 0 Å². The van der Waals surface area contributed by atoms with Gasteiger partial charge in [0, 0.05) is 0 Å². The maximum atomic E-state index is 12.6. The van der Waals surface area contributed by atoms with Crippen molar-refractivity contribution >= 4 is 5.97 Å².